The number of thioether (sulfide) groups is 1. The van der Waals surface area contributed by atoms with Crippen molar-refractivity contribution in [2.24, 2.45) is 0 Å². The monoisotopic (exact) mass is 406 g/mol. The number of rotatable bonds is 5. The number of hydrogen-bond acceptors (Lipinski definition) is 4. The van der Waals surface area contributed by atoms with Crippen LogP contribution in [0.3, 0.4) is 0 Å². The van der Waals surface area contributed by atoms with Crippen LogP contribution in [-0.2, 0) is 31.3 Å². The summed E-state index contributed by atoms with van der Waals surface area (Å²) in [6.07, 6.45) is -0.286. The van der Waals surface area contributed by atoms with Crippen LogP contribution in [0.2, 0.25) is 0 Å². The van der Waals surface area contributed by atoms with Crippen molar-refractivity contribution in [3.63, 3.8) is 0 Å². The molecule has 1 aliphatic rings. The Kier molecular flexibility index (Phi) is 5.05. The molecule has 4 rings (SSSR count). The van der Waals surface area contributed by atoms with Gasteiger partial charge in [0, 0.05) is 17.0 Å². The summed E-state index contributed by atoms with van der Waals surface area (Å²) < 4.78 is 45.7. The molecule has 0 spiro atoms. The summed E-state index contributed by atoms with van der Waals surface area (Å²) in [5.74, 6) is 1.01. The second kappa shape index (κ2) is 7.50. The van der Waals surface area contributed by atoms with Gasteiger partial charge in [-0.15, -0.1) is 11.8 Å². The quantitative estimate of drug-likeness (QED) is 0.456. The van der Waals surface area contributed by atoms with Gasteiger partial charge in [-0.25, -0.2) is 4.79 Å². The molecule has 146 valence electrons. The lowest BCUT2D eigenvalue weighted by Gasteiger charge is -2.13. The van der Waals surface area contributed by atoms with Gasteiger partial charge < -0.3 is 4.42 Å². The van der Waals surface area contributed by atoms with E-state index in [1.54, 1.807) is 23.0 Å². The zero-order chi connectivity index (χ0) is 19.7. The summed E-state index contributed by atoms with van der Waals surface area (Å²) in [5.41, 5.74) is 1.49. The van der Waals surface area contributed by atoms with Gasteiger partial charge in [0.05, 0.1) is 18.4 Å². The Labute approximate surface area is 163 Å². The van der Waals surface area contributed by atoms with Crippen molar-refractivity contribution in [3.05, 3.63) is 81.3 Å². The van der Waals surface area contributed by atoms with E-state index in [0.717, 1.165) is 42.7 Å². The van der Waals surface area contributed by atoms with Crippen LogP contribution >= 0.6 is 11.8 Å². The largest absolute Gasteiger partial charge is 0.467 e. The van der Waals surface area contributed by atoms with Crippen molar-refractivity contribution in [1.29, 1.82) is 0 Å². The molecule has 0 atom stereocenters. The number of nitrogens with zero attached hydrogens (tertiary/aromatic N) is 2. The van der Waals surface area contributed by atoms with Crippen LogP contribution in [0.4, 0.5) is 13.2 Å². The molecule has 8 heteroatoms. The molecule has 28 heavy (non-hydrogen) atoms. The number of aromatic nitrogens is 2. The third-order valence-corrected chi connectivity index (χ3v) is 5.81. The van der Waals surface area contributed by atoms with Crippen molar-refractivity contribution in [2.75, 3.05) is 0 Å². The van der Waals surface area contributed by atoms with Crippen molar-refractivity contribution < 1.29 is 17.6 Å². The van der Waals surface area contributed by atoms with Crippen LogP contribution in [0, 0.1) is 0 Å². The molecule has 1 aliphatic carbocycles. The summed E-state index contributed by atoms with van der Waals surface area (Å²) in [6.45, 7) is 0.333. The summed E-state index contributed by atoms with van der Waals surface area (Å²) in [4.78, 5) is 16.8. The zero-order valence-corrected chi connectivity index (χ0v) is 15.6. The van der Waals surface area contributed by atoms with E-state index in [1.807, 2.05) is 6.07 Å². The topological polar surface area (TPSA) is 48.0 Å². The molecule has 0 radical (unpaired) electrons. The van der Waals surface area contributed by atoms with E-state index in [9.17, 15) is 18.0 Å². The fourth-order valence-electron chi connectivity index (χ4n) is 3.42. The normalized spacial score (nSPS) is 13.7. The SMILES string of the molecule is O=c1nc(SCc2cccc(C(F)(F)F)c2)c2c(n1Cc1ccco1)CCC2. The summed E-state index contributed by atoms with van der Waals surface area (Å²) in [7, 11) is 0. The average molecular weight is 406 g/mol. The molecule has 1 aromatic carbocycles. The molecular formula is C20H17F3N2O2S. The number of benzene rings is 1. The van der Waals surface area contributed by atoms with Crippen LogP contribution in [0.1, 0.15) is 34.6 Å². The van der Waals surface area contributed by atoms with E-state index in [0.29, 0.717) is 28.6 Å². The lowest BCUT2D eigenvalue weighted by atomic mass is 10.1. The molecule has 0 fully saturated rings. The summed E-state index contributed by atoms with van der Waals surface area (Å²) in [5, 5.41) is 0.616. The van der Waals surface area contributed by atoms with Gasteiger partial charge in [0.15, 0.2) is 0 Å². The van der Waals surface area contributed by atoms with Crippen LogP contribution in [0.25, 0.3) is 0 Å². The first-order valence-electron chi connectivity index (χ1n) is 8.86. The zero-order valence-electron chi connectivity index (χ0n) is 14.8. The van der Waals surface area contributed by atoms with E-state index >= 15 is 0 Å². The Morgan fingerprint density at radius 2 is 2.04 bits per heavy atom. The first-order valence-corrected chi connectivity index (χ1v) is 9.84. The number of halogens is 3. The minimum Gasteiger partial charge on any atom is -0.467 e. The maximum atomic E-state index is 12.9. The third-order valence-electron chi connectivity index (χ3n) is 4.72. The lowest BCUT2D eigenvalue weighted by molar-refractivity contribution is -0.137. The van der Waals surface area contributed by atoms with Crippen LogP contribution in [0.15, 0.2) is 56.9 Å². The lowest BCUT2D eigenvalue weighted by Crippen LogP contribution is -2.27. The maximum Gasteiger partial charge on any atom is 0.416 e. The standard InChI is InChI=1S/C20H17F3N2O2S/c21-20(22,23)14-5-1-4-13(10-14)12-28-18-16-7-2-8-17(16)25(19(26)24-18)11-15-6-3-9-27-15/h1,3-6,9-10H,2,7-8,11-12H2. The third kappa shape index (κ3) is 3.87. The van der Waals surface area contributed by atoms with Gasteiger partial charge in [0.2, 0.25) is 0 Å². The first kappa shape index (κ1) is 18.9. The van der Waals surface area contributed by atoms with E-state index in [2.05, 4.69) is 4.98 Å². The smallest absolute Gasteiger partial charge is 0.416 e. The Hall–Kier alpha value is -2.48. The minimum atomic E-state index is -4.37. The highest BCUT2D eigenvalue weighted by Gasteiger charge is 2.30. The van der Waals surface area contributed by atoms with E-state index in [1.165, 1.54) is 17.8 Å². The van der Waals surface area contributed by atoms with Crippen LogP contribution in [0.5, 0.6) is 0 Å². The fraction of sp³-hybridized carbons (Fsp3) is 0.300. The first-order chi connectivity index (χ1) is 13.4. The molecule has 0 amide bonds. The van der Waals surface area contributed by atoms with Gasteiger partial charge in [0.1, 0.15) is 10.8 Å². The summed E-state index contributed by atoms with van der Waals surface area (Å²) in [6, 6.07) is 8.83. The minimum absolute atomic E-state index is 0.324. The molecule has 0 saturated heterocycles. The molecule has 0 N–H and O–H groups in total. The molecule has 2 aromatic heterocycles. The molecule has 2 heterocycles. The highest BCUT2D eigenvalue weighted by Crippen LogP contribution is 2.33. The Morgan fingerprint density at radius 3 is 2.79 bits per heavy atom. The van der Waals surface area contributed by atoms with Gasteiger partial charge in [-0.3, -0.25) is 4.57 Å². The molecule has 0 unspecified atom stereocenters. The Bertz CT molecular complexity index is 1040. The predicted octanol–water partition coefficient (Wildman–Crippen LogP) is 4.68. The maximum absolute atomic E-state index is 12.9. The highest BCUT2D eigenvalue weighted by atomic mass is 32.2. The molecule has 0 bridgehead atoms. The molecule has 0 aliphatic heterocycles. The fourth-order valence-corrected chi connectivity index (χ4v) is 4.44. The van der Waals surface area contributed by atoms with Crippen molar-refractivity contribution in [2.45, 2.75) is 42.8 Å². The average Bonchev–Trinajstić information content (AvgIpc) is 3.34. The Morgan fingerprint density at radius 1 is 1.18 bits per heavy atom. The van der Waals surface area contributed by atoms with Gasteiger partial charge in [0.25, 0.3) is 0 Å². The molecular weight excluding hydrogens is 389 g/mol. The van der Waals surface area contributed by atoms with E-state index < -0.39 is 11.7 Å². The number of alkyl halides is 3. The van der Waals surface area contributed by atoms with Gasteiger partial charge in [-0.05, 0) is 43.0 Å². The van der Waals surface area contributed by atoms with Crippen molar-refractivity contribution in [3.8, 4) is 0 Å². The number of furan rings is 1. The second-order valence-electron chi connectivity index (χ2n) is 6.63. The second-order valence-corrected chi connectivity index (χ2v) is 7.59. The van der Waals surface area contributed by atoms with Gasteiger partial charge in [-0.2, -0.15) is 18.2 Å². The van der Waals surface area contributed by atoms with Gasteiger partial charge in [-0.1, -0.05) is 18.2 Å². The molecule has 4 nitrogen and oxygen atoms in total. The van der Waals surface area contributed by atoms with Crippen molar-refractivity contribution in [1.82, 2.24) is 9.55 Å². The summed E-state index contributed by atoms with van der Waals surface area (Å²) >= 11 is 1.31. The molecule has 0 saturated carbocycles. The van der Waals surface area contributed by atoms with Crippen molar-refractivity contribution >= 4 is 11.8 Å². The van der Waals surface area contributed by atoms with Gasteiger partial charge >= 0.3 is 11.9 Å². The predicted molar refractivity (Wildman–Crippen MR) is 99.3 cm³/mol. The Balaban J connectivity index is 1.59. The van der Waals surface area contributed by atoms with Crippen LogP contribution in [-0.4, -0.2) is 9.55 Å². The highest BCUT2D eigenvalue weighted by molar-refractivity contribution is 7.98. The van der Waals surface area contributed by atoms with E-state index in [-0.39, 0.29) is 5.69 Å². The number of fused-ring (bicyclic) bond motifs is 1. The number of hydrogen-bond donors (Lipinski definition) is 0. The molecule has 3 aromatic rings. The van der Waals surface area contributed by atoms with Crippen LogP contribution < -0.4 is 5.69 Å². The van der Waals surface area contributed by atoms with E-state index in [4.69, 9.17) is 4.42 Å².